The number of aryl methyl sites for hydroxylation is 1. The number of halogens is 1. The van der Waals surface area contributed by atoms with Crippen LogP contribution in [0.15, 0.2) is 12.1 Å². The molecule has 0 spiro atoms. The van der Waals surface area contributed by atoms with Crippen molar-refractivity contribution in [3.8, 4) is 5.75 Å². The van der Waals surface area contributed by atoms with E-state index in [4.69, 9.17) is 4.74 Å². The number of nitrogens with zero attached hydrogens (tertiary/aromatic N) is 2. The first-order valence-electron chi connectivity index (χ1n) is 9.87. The Morgan fingerprint density at radius 2 is 2.07 bits per heavy atom. The number of nitrogens with one attached hydrogen (secondary N) is 1. The molecule has 1 aromatic carbocycles. The minimum Gasteiger partial charge on any atom is -0.494 e. The van der Waals surface area contributed by atoms with E-state index in [-0.39, 0.29) is 42.2 Å². The number of hydrogen-bond acceptors (Lipinski definition) is 5. The summed E-state index contributed by atoms with van der Waals surface area (Å²) in [5, 5.41) is 2.69. The molecule has 2 heterocycles. The first-order chi connectivity index (χ1) is 13.6. The molecule has 2 atom stereocenters. The molecule has 2 amide bonds. The van der Waals surface area contributed by atoms with E-state index in [1.54, 1.807) is 17.9 Å². The summed E-state index contributed by atoms with van der Waals surface area (Å²) in [4.78, 5) is 40.1. The lowest BCUT2D eigenvalue weighted by Gasteiger charge is -2.42. The summed E-state index contributed by atoms with van der Waals surface area (Å²) in [6.45, 7) is 7.26. The van der Waals surface area contributed by atoms with Crippen molar-refractivity contribution in [3.63, 3.8) is 0 Å². The van der Waals surface area contributed by atoms with Crippen LogP contribution in [0.3, 0.4) is 0 Å². The van der Waals surface area contributed by atoms with Gasteiger partial charge in [-0.1, -0.05) is 0 Å². The molecule has 7 nitrogen and oxygen atoms in total. The highest BCUT2D eigenvalue weighted by Gasteiger charge is 2.42. The third-order valence-electron chi connectivity index (χ3n) is 5.95. The van der Waals surface area contributed by atoms with Crippen LogP contribution in [0.5, 0.6) is 5.75 Å². The molecular formula is C21H28FN3O4. The predicted molar refractivity (Wildman–Crippen MR) is 106 cm³/mol. The second-order valence-electron chi connectivity index (χ2n) is 8.14. The molecule has 1 N–H and O–H groups in total. The minimum absolute atomic E-state index is 0.0277. The molecular weight excluding hydrogens is 377 g/mol. The molecule has 3 rings (SSSR count). The maximum atomic E-state index is 13.9. The highest BCUT2D eigenvalue weighted by Crippen LogP contribution is 2.31. The molecule has 2 saturated heterocycles. The molecule has 2 aliphatic rings. The van der Waals surface area contributed by atoms with Crippen LogP contribution >= 0.6 is 0 Å². The quantitative estimate of drug-likeness (QED) is 0.756. The Balaban J connectivity index is 1.62. The number of piperazine rings is 1. The number of ether oxygens (including phenoxy) is 1. The summed E-state index contributed by atoms with van der Waals surface area (Å²) in [5.74, 6) is -0.656. The van der Waals surface area contributed by atoms with Crippen molar-refractivity contribution in [2.75, 3.05) is 31.6 Å². The van der Waals surface area contributed by atoms with Crippen LogP contribution in [0.25, 0.3) is 0 Å². The number of carbonyl (C=O) groups is 3. The second kappa shape index (κ2) is 8.00. The molecule has 0 aliphatic carbocycles. The molecule has 29 heavy (non-hydrogen) atoms. The SMILES string of the molecule is COc1cc(N2CCN(C(=O)CC[C@@]3(C)NC(=O)CC3=O)C[C@@H]2C)c(C)cc1F. The van der Waals surface area contributed by atoms with Gasteiger partial charge >= 0.3 is 0 Å². The molecule has 2 aliphatic heterocycles. The minimum atomic E-state index is -0.943. The summed E-state index contributed by atoms with van der Waals surface area (Å²) in [6.07, 6.45) is 0.402. The smallest absolute Gasteiger partial charge is 0.228 e. The van der Waals surface area contributed by atoms with Gasteiger partial charge in [-0.2, -0.15) is 0 Å². The summed E-state index contributed by atoms with van der Waals surface area (Å²) < 4.78 is 19.0. The average Bonchev–Trinajstić information content (AvgIpc) is 2.92. The van der Waals surface area contributed by atoms with Crippen molar-refractivity contribution in [2.24, 2.45) is 0 Å². The fraction of sp³-hybridized carbons (Fsp3) is 0.571. The lowest BCUT2D eigenvalue weighted by atomic mass is 9.92. The van der Waals surface area contributed by atoms with Crippen LogP contribution in [-0.4, -0.2) is 60.8 Å². The van der Waals surface area contributed by atoms with Crippen LogP contribution in [0.1, 0.15) is 38.7 Å². The Kier molecular flexibility index (Phi) is 5.82. The average molecular weight is 405 g/mol. The van der Waals surface area contributed by atoms with Gasteiger partial charge in [0.25, 0.3) is 0 Å². The van der Waals surface area contributed by atoms with Gasteiger partial charge in [0.2, 0.25) is 11.8 Å². The van der Waals surface area contributed by atoms with Crippen molar-refractivity contribution in [2.45, 2.75) is 51.6 Å². The van der Waals surface area contributed by atoms with Gasteiger partial charge in [0.15, 0.2) is 17.3 Å². The first kappa shape index (κ1) is 21.1. The molecule has 0 unspecified atom stereocenters. The third kappa shape index (κ3) is 4.21. The lowest BCUT2D eigenvalue weighted by molar-refractivity contribution is -0.132. The Bertz CT molecular complexity index is 843. The number of benzene rings is 1. The molecule has 1 aromatic rings. The summed E-state index contributed by atoms with van der Waals surface area (Å²) in [7, 11) is 1.44. The second-order valence-corrected chi connectivity index (χ2v) is 8.14. The highest BCUT2D eigenvalue weighted by atomic mass is 19.1. The standard InChI is InChI=1S/C21H28FN3O4/c1-13-9-15(22)17(29-4)10-16(13)25-8-7-24(12-14(25)2)20(28)5-6-21(3)18(26)11-19(27)23-21/h9-10,14H,5-8,11-12H2,1-4H3,(H,23,27)/t14-,21+/m0/s1. The fourth-order valence-electron chi connectivity index (χ4n) is 4.13. The van der Waals surface area contributed by atoms with Crippen molar-refractivity contribution in [3.05, 3.63) is 23.5 Å². The van der Waals surface area contributed by atoms with E-state index in [2.05, 4.69) is 10.2 Å². The number of Topliss-reactive ketones (excluding diaryl/α,β-unsaturated/α-hetero) is 1. The lowest BCUT2D eigenvalue weighted by Crippen LogP contribution is -2.54. The van der Waals surface area contributed by atoms with Crippen LogP contribution in [0.2, 0.25) is 0 Å². The fourth-order valence-corrected chi connectivity index (χ4v) is 4.13. The molecule has 0 radical (unpaired) electrons. The predicted octanol–water partition coefficient (Wildman–Crippen LogP) is 1.81. The van der Waals surface area contributed by atoms with E-state index in [0.29, 0.717) is 26.1 Å². The Morgan fingerprint density at radius 3 is 2.66 bits per heavy atom. The topological polar surface area (TPSA) is 79.0 Å². The van der Waals surface area contributed by atoms with E-state index in [1.165, 1.54) is 13.2 Å². The molecule has 0 saturated carbocycles. The van der Waals surface area contributed by atoms with Crippen molar-refractivity contribution in [1.29, 1.82) is 0 Å². The summed E-state index contributed by atoms with van der Waals surface area (Å²) in [6, 6.07) is 3.21. The van der Waals surface area contributed by atoms with Gasteiger partial charge in [-0.3, -0.25) is 14.4 Å². The maximum absolute atomic E-state index is 13.9. The van der Waals surface area contributed by atoms with Crippen molar-refractivity contribution >= 4 is 23.3 Å². The third-order valence-corrected chi connectivity index (χ3v) is 5.95. The van der Waals surface area contributed by atoms with Crippen molar-refractivity contribution < 1.29 is 23.5 Å². The Hall–Kier alpha value is -2.64. The van der Waals surface area contributed by atoms with E-state index >= 15 is 0 Å². The molecule has 8 heteroatoms. The largest absolute Gasteiger partial charge is 0.494 e. The highest BCUT2D eigenvalue weighted by molar-refractivity contribution is 6.10. The van der Waals surface area contributed by atoms with Crippen LogP contribution in [0.4, 0.5) is 10.1 Å². The van der Waals surface area contributed by atoms with E-state index < -0.39 is 11.4 Å². The van der Waals surface area contributed by atoms with Gasteiger partial charge in [-0.15, -0.1) is 0 Å². The van der Waals surface area contributed by atoms with Gasteiger partial charge in [-0.05, 0) is 38.8 Å². The van der Waals surface area contributed by atoms with Crippen LogP contribution < -0.4 is 15.0 Å². The molecule has 0 bridgehead atoms. The zero-order valence-electron chi connectivity index (χ0n) is 17.4. The van der Waals surface area contributed by atoms with Gasteiger partial charge < -0.3 is 19.9 Å². The number of rotatable bonds is 5. The van der Waals surface area contributed by atoms with Crippen LogP contribution in [0, 0.1) is 12.7 Å². The number of methoxy groups -OCH3 is 1. The number of hydrogen-bond donors (Lipinski definition) is 1. The monoisotopic (exact) mass is 405 g/mol. The molecule has 0 aromatic heterocycles. The van der Waals surface area contributed by atoms with E-state index in [1.807, 2.05) is 13.8 Å². The van der Waals surface area contributed by atoms with Gasteiger partial charge in [-0.25, -0.2) is 4.39 Å². The van der Waals surface area contributed by atoms with Gasteiger partial charge in [0.05, 0.1) is 19.1 Å². The number of carbonyl (C=O) groups excluding carboxylic acids is 3. The zero-order valence-corrected chi connectivity index (χ0v) is 17.4. The van der Waals surface area contributed by atoms with Crippen molar-refractivity contribution in [1.82, 2.24) is 10.2 Å². The van der Waals surface area contributed by atoms with E-state index in [0.717, 1.165) is 11.3 Å². The van der Waals surface area contributed by atoms with Crippen LogP contribution in [-0.2, 0) is 14.4 Å². The molecule has 2 fully saturated rings. The summed E-state index contributed by atoms with van der Waals surface area (Å²) >= 11 is 0. The maximum Gasteiger partial charge on any atom is 0.228 e. The number of amides is 2. The normalized spacial score (nSPS) is 24.7. The van der Waals surface area contributed by atoms with E-state index in [9.17, 15) is 18.8 Å². The van der Waals surface area contributed by atoms with Gasteiger partial charge in [0, 0.05) is 43.9 Å². The Labute approximate surface area is 170 Å². The molecule has 158 valence electrons. The first-order valence-corrected chi connectivity index (χ1v) is 9.87. The zero-order chi connectivity index (χ0) is 21.3. The summed E-state index contributed by atoms with van der Waals surface area (Å²) in [5.41, 5.74) is 0.773. The van der Waals surface area contributed by atoms with Gasteiger partial charge in [0.1, 0.15) is 0 Å². The Morgan fingerprint density at radius 1 is 1.34 bits per heavy atom. The number of ketones is 1. The number of anilines is 1.